The minimum absolute atomic E-state index is 0.112. The summed E-state index contributed by atoms with van der Waals surface area (Å²) in [4.78, 5) is 19.2. The van der Waals surface area contributed by atoms with Crippen LogP contribution in [0.2, 0.25) is 0 Å². The number of hydrogen-bond donors (Lipinski definition) is 0. The zero-order chi connectivity index (χ0) is 22.2. The molecule has 0 radical (unpaired) electrons. The molecule has 3 heterocycles. The van der Waals surface area contributed by atoms with Crippen LogP contribution in [0.25, 0.3) is 10.7 Å². The van der Waals surface area contributed by atoms with Crippen molar-refractivity contribution >= 4 is 17.2 Å². The first kappa shape index (κ1) is 21.2. The number of amides is 1. The molecule has 0 saturated carbocycles. The van der Waals surface area contributed by atoms with Crippen molar-refractivity contribution in [2.24, 2.45) is 0 Å². The van der Waals surface area contributed by atoms with Gasteiger partial charge >= 0.3 is 12.1 Å². The molecule has 0 fully saturated rings. The molecular weight excluding hydrogens is 435 g/mol. The van der Waals surface area contributed by atoms with Crippen LogP contribution in [-0.4, -0.2) is 41.2 Å². The molecule has 0 atom stereocenters. The Morgan fingerprint density at radius 1 is 1.29 bits per heavy atom. The van der Waals surface area contributed by atoms with Crippen LogP contribution in [0, 0.1) is 6.92 Å². The lowest BCUT2D eigenvalue weighted by molar-refractivity contribution is -0.159. The molecule has 1 aliphatic heterocycles. The van der Waals surface area contributed by atoms with Crippen molar-refractivity contribution in [2.75, 3.05) is 20.3 Å². The third kappa shape index (κ3) is 4.50. The van der Waals surface area contributed by atoms with Crippen molar-refractivity contribution in [1.29, 1.82) is 0 Å². The summed E-state index contributed by atoms with van der Waals surface area (Å²) >= 11 is 1.30. The van der Waals surface area contributed by atoms with Crippen LogP contribution in [0.15, 0.2) is 28.8 Å². The number of ether oxygens (including phenoxy) is 2. The van der Waals surface area contributed by atoms with E-state index in [9.17, 15) is 18.0 Å². The Morgan fingerprint density at radius 2 is 2.10 bits per heavy atom. The van der Waals surface area contributed by atoms with E-state index in [2.05, 4.69) is 14.7 Å². The summed E-state index contributed by atoms with van der Waals surface area (Å²) in [6.07, 6.45) is -4.10. The Bertz CT molecular complexity index is 1110. The highest BCUT2D eigenvalue weighted by atomic mass is 32.1. The highest BCUT2D eigenvalue weighted by Gasteiger charge is 2.38. The van der Waals surface area contributed by atoms with Crippen LogP contribution in [-0.2, 0) is 23.9 Å². The molecule has 0 saturated heterocycles. The van der Waals surface area contributed by atoms with Crippen molar-refractivity contribution < 1.29 is 32.0 Å². The lowest BCUT2D eigenvalue weighted by atomic mass is 10.1. The lowest BCUT2D eigenvalue weighted by Gasteiger charge is -2.27. The summed E-state index contributed by atoms with van der Waals surface area (Å²) < 4.78 is 53.3. The Balaban J connectivity index is 1.42. The van der Waals surface area contributed by atoms with E-state index >= 15 is 0 Å². The standard InChI is InChI=1S/C20H18F3N3O4S/c1-11-3-4-13(14(7-11)28-2)29-10-17(27)26-6-5-15-12(9-26)8-16(31-15)18-24-19(30-25-18)20(21,22)23/h3-4,7-8H,5-6,9-10H2,1-2H3. The van der Waals surface area contributed by atoms with Gasteiger partial charge < -0.3 is 18.9 Å². The van der Waals surface area contributed by atoms with E-state index in [-0.39, 0.29) is 18.3 Å². The van der Waals surface area contributed by atoms with E-state index in [1.807, 2.05) is 19.1 Å². The average molecular weight is 453 g/mol. The fourth-order valence-electron chi connectivity index (χ4n) is 3.22. The highest BCUT2D eigenvalue weighted by Crippen LogP contribution is 2.35. The van der Waals surface area contributed by atoms with Gasteiger partial charge in [0.05, 0.1) is 12.0 Å². The van der Waals surface area contributed by atoms with Gasteiger partial charge in [-0.1, -0.05) is 11.2 Å². The van der Waals surface area contributed by atoms with Crippen molar-refractivity contribution in [2.45, 2.75) is 26.1 Å². The number of carbonyl (C=O) groups is 1. The van der Waals surface area contributed by atoms with Gasteiger partial charge in [0, 0.05) is 18.0 Å². The molecule has 1 aliphatic rings. The second-order valence-corrected chi connectivity index (χ2v) is 8.12. The van der Waals surface area contributed by atoms with Crippen LogP contribution < -0.4 is 9.47 Å². The van der Waals surface area contributed by atoms with Gasteiger partial charge in [-0.3, -0.25) is 4.79 Å². The number of fused-ring (bicyclic) bond motifs is 1. The molecule has 1 amide bonds. The minimum Gasteiger partial charge on any atom is -0.493 e. The van der Waals surface area contributed by atoms with E-state index in [0.717, 1.165) is 16.0 Å². The molecule has 4 rings (SSSR count). The van der Waals surface area contributed by atoms with E-state index < -0.39 is 12.1 Å². The maximum atomic E-state index is 12.7. The van der Waals surface area contributed by atoms with Gasteiger partial charge in [-0.05, 0) is 42.7 Å². The minimum atomic E-state index is -4.69. The van der Waals surface area contributed by atoms with Crippen molar-refractivity contribution in [3.05, 3.63) is 46.2 Å². The monoisotopic (exact) mass is 453 g/mol. The van der Waals surface area contributed by atoms with Crippen LogP contribution >= 0.6 is 11.3 Å². The first-order chi connectivity index (χ1) is 14.7. The summed E-state index contributed by atoms with van der Waals surface area (Å²) in [6, 6.07) is 7.14. The number of aromatic nitrogens is 2. The van der Waals surface area contributed by atoms with E-state index in [0.29, 0.717) is 35.9 Å². The van der Waals surface area contributed by atoms with Gasteiger partial charge in [-0.25, -0.2) is 0 Å². The molecule has 0 unspecified atom stereocenters. The first-order valence-corrected chi connectivity index (χ1v) is 10.1. The fraction of sp³-hybridized carbons (Fsp3) is 0.350. The van der Waals surface area contributed by atoms with E-state index in [1.165, 1.54) is 18.4 Å². The van der Waals surface area contributed by atoms with Crippen LogP contribution in [0.4, 0.5) is 13.2 Å². The summed E-state index contributed by atoms with van der Waals surface area (Å²) in [5.74, 6) is -0.655. The number of hydrogen-bond acceptors (Lipinski definition) is 7. The molecule has 0 aliphatic carbocycles. The number of thiophene rings is 1. The SMILES string of the molecule is COc1cc(C)ccc1OCC(=O)N1CCc2sc(-c3noc(C(F)(F)F)n3)cc2C1. The number of alkyl halides is 3. The fourth-order valence-corrected chi connectivity index (χ4v) is 4.31. The van der Waals surface area contributed by atoms with Crippen LogP contribution in [0.5, 0.6) is 11.5 Å². The number of benzene rings is 1. The molecule has 0 N–H and O–H groups in total. The molecular formula is C20H18F3N3O4S. The molecule has 1 aromatic carbocycles. The molecule has 7 nitrogen and oxygen atoms in total. The summed E-state index contributed by atoms with van der Waals surface area (Å²) in [5.41, 5.74) is 1.86. The van der Waals surface area contributed by atoms with Gasteiger partial charge in [0.1, 0.15) is 0 Å². The quantitative estimate of drug-likeness (QED) is 0.579. The summed E-state index contributed by atoms with van der Waals surface area (Å²) in [5, 5.41) is 3.43. The molecule has 3 aromatic rings. The van der Waals surface area contributed by atoms with Crippen LogP contribution in [0.3, 0.4) is 0 Å². The molecule has 11 heteroatoms. The number of nitrogens with zero attached hydrogens (tertiary/aromatic N) is 3. The van der Waals surface area contributed by atoms with E-state index in [1.54, 1.807) is 17.0 Å². The topological polar surface area (TPSA) is 77.7 Å². The van der Waals surface area contributed by atoms with Gasteiger partial charge in [-0.15, -0.1) is 11.3 Å². The summed E-state index contributed by atoms with van der Waals surface area (Å²) in [6.45, 7) is 2.60. The second kappa shape index (κ2) is 8.22. The normalized spacial score (nSPS) is 13.8. The Hall–Kier alpha value is -3.08. The number of methoxy groups -OCH3 is 1. The first-order valence-electron chi connectivity index (χ1n) is 9.32. The van der Waals surface area contributed by atoms with Gasteiger partial charge in [0.2, 0.25) is 5.82 Å². The molecule has 164 valence electrons. The number of carbonyl (C=O) groups excluding carboxylic acids is 1. The molecule has 0 spiro atoms. The number of rotatable bonds is 5. The van der Waals surface area contributed by atoms with Crippen molar-refractivity contribution in [1.82, 2.24) is 15.0 Å². The second-order valence-electron chi connectivity index (χ2n) is 6.99. The summed E-state index contributed by atoms with van der Waals surface area (Å²) in [7, 11) is 1.53. The zero-order valence-corrected chi connectivity index (χ0v) is 17.5. The third-order valence-electron chi connectivity index (χ3n) is 4.78. The number of halogens is 3. The smallest absolute Gasteiger partial charge is 0.471 e. The Kier molecular flexibility index (Phi) is 5.61. The predicted molar refractivity (Wildman–Crippen MR) is 105 cm³/mol. The lowest BCUT2D eigenvalue weighted by Crippen LogP contribution is -2.38. The Morgan fingerprint density at radius 3 is 2.81 bits per heavy atom. The maximum Gasteiger partial charge on any atom is 0.471 e. The molecule has 2 aromatic heterocycles. The van der Waals surface area contributed by atoms with Gasteiger partial charge in [-0.2, -0.15) is 18.2 Å². The van der Waals surface area contributed by atoms with Gasteiger partial charge in [0.15, 0.2) is 18.1 Å². The highest BCUT2D eigenvalue weighted by molar-refractivity contribution is 7.15. The average Bonchev–Trinajstić information content (AvgIpc) is 3.38. The molecule has 0 bridgehead atoms. The van der Waals surface area contributed by atoms with Crippen molar-refractivity contribution in [3.63, 3.8) is 0 Å². The predicted octanol–water partition coefficient (Wildman–Crippen LogP) is 4.10. The zero-order valence-electron chi connectivity index (χ0n) is 16.7. The Labute approximate surface area is 179 Å². The largest absolute Gasteiger partial charge is 0.493 e. The van der Waals surface area contributed by atoms with Crippen LogP contribution in [0.1, 0.15) is 21.9 Å². The number of aryl methyl sites for hydroxylation is 1. The van der Waals surface area contributed by atoms with Crippen molar-refractivity contribution in [3.8, 4) is 22.2 Å². The maximum absolute atomic E-state index is 12.7. The van der Waals surface area contributed by atoms with E-state index in [4.69, 9.17) is 9.47 Å². The third-order valence-corrected chi connectivity index (χ3v) is 6.01. The molecule has 31 heavy (non-hydrogen) atoms. The van der Waals surface area contributed by atoms with Gasteiger partial charge in [0.25, 0.3) is 5.91 Å².